The van der Waals surface area contributed by atoms with Crippen LogP contribution in [-0.4, -0.2) is 37.9 Å². The molecule has 0 aliphatic carbocycles. The van der Waals surface area contributed by atoms with Gasteiger partial charge in [-0.3, -0.25) is 4.79 Å². The number of nitrogens with one attached hydrogen (secondary N) is 1. The first kappa shape index (κ1) is 16.0. The van der Waals surface area contributed by atoms with Crippen molar-refractivity contribution >= 4 is 21.4 Å². The van der Waals surface area contributed by atoms with E-state index in [-0.39, 0.29) is 29.5 Å². The number of anilines is 1. The minimum Gasteiger partial charge on any atom is -0.340 e. The number of carbonyl (C=O) groups is 1. The normalized spacial score (nSPS) is 21.9. The first-order chi connectivity index (χ1) is 9.84. The van der Waals surface area contributed by atoms with E-state index >= 15 is 0 Å². The van der Waals surface area contributed by atoms with Gasteiger partial charge in [0, 0.05) is 12.1 Å². The van der Waals surface area contributed by atoms with Gasteiger partial charge in [-0.15, -0.1) is 0 Å². The predicted molar refractivity (Wildman–Crippen MR) is 82.9 cm³/mol. The Labute approximate surface area is 126 Å². The summed E-state index contributed by atoms with van der Waals surface area (Å²) in [6.07, 6.45) is 1.07. The second kappa shape index (κ2) is 6.58. The van der Waals surface area contributed by atoms with Gasteiger partial charge < -0.3 is 10.6 Å². The minimum atomic E-state index is -2.85. The van der Waals surface area contributed by atoms with Crippen LogP contribution in [0, 0.1) is 6.92 Å². The number of quaternary nitrogens is 1. The molecule has 0 spiro atoms. The van der Waals surface area contributed by atoms with Crippen molar-refractivity contribution in [2.75, 3.05) is 16.8 Å². The molecule has 2 rings (SSSR count). The zero-order valence-corrected chi connectivity index (χ0v) is 13.3. The Morgan fingerprint density at radius 2 is 2.05 bits per heavy atom. The highest BCUT2D eigenvalue weighted by Crippen LogP contribution is 2.10. The van der Waals surface area contributed by atoms with Crippen LogP contribution in [0.15, 0.2) is 24.3 Å². The maximum absolute atomic E-state index is 12.0. The van der Waals surface area contributed by atoms with Gasteiger partial charge >= 0.3 is 0 Å². The SMILES string of the molecule is Cc1ccc(NC(=O)C[C@H](C)[NH2+][C@@H]2CCS(=O)(=O)C2)cc1. The third kappa shape index (κ3) is 5.13. The van der Waals surface area contributed by atoms with Crippen molar-refractivity contribution in [3.05, 3.63) is 29.8 Å². The molecule has 1 aromatic rings. The second-order valence-electron chi connectivity index (χ2n) is 5.95. The molecule has 6 heteroatoms. The van der Waals surface area contributed by atoms with Crippen LogP contribution >= 0.6 is 0 Å². The van der Waals surface area contributed by atoms with E-state index in [1.807, 2.05) is 43.4 Å². The van der Waals surface area contributed by atoms with Gasteiger partial charge in [0.2, 0.25) is 5.91 Å². The summed E-state index contributed by atoms with van der Waals surface area (Å²) in [4.78, 5) is 12.0. The van der Waals surface area contributed by atoms with Gasteiger partial charge in [-0.05, 0) is 26.0 Å². The number of amides is 1. The lowest BCUT2D eigenvalue weighted by molar-refractivity contribution is -0.712. The molecule has 5 nitrogen and oxygen atoms in total. The number of rotatable bonds is 5. The lowest BCUT2D eigenvalue weighted by Crippen LogP contribution is -2.95. The Bertz CT molecular complexity index is 596. The molecule has 1 fully saturated rings. The van der Waals surface area contributed by atoms with E-state index in [0.29, 0.717) is 12.8 Å². The van der Waals surface area contributed by atoms with E-state index in [2.05, 4.69) is 5.32 Å². The fourth-order valence-corrected chi connectivity index (χ4v) is 4.41. The molecule has 3 N–H and O–H groups in total. The smallest absolute Gasteiger partial charge is 0.230 e. The van der Waals surface area contributed by atoms with E-state index in [4.69, 9.17) is 0 Å². The Morgan fingerprint density at radius 3 is 2.62 bits per heavy atom. The van der Waals surface area contributed by atoms with Crippen molar-refractivity contribution in [3.8, 4) is 0 Å². The highest BCUT2D eigenvalue weighted by molar-refractivity contribution is 7.91. The summed E-state index contributed by atoms with van der Waals surface area (Å²) >= 11 is 0. The first-order valence-electron chi connectivity index (χ1n) is 7.26. The Hall–Kier alpha value is -1.40. The first-order valence-corrected chi connectivity index (χ1v) is 9.08. The van der Waals surface area contributed by atoms with Crippen molar-refractivity contribution in [3.63, 3.8) is 0 Å². The highest BCUT2D eigenvalue weighted by atomic mass is 32.2. The Kier molecular flexibility index (Phi) is 5.00. The molecular formula is C15H23N2O3S+. The third-order valence-electron chi connectivity index (χ3n) is 3.71. The zero-order valence-electron chi connectivity index (χ0n) is 12.5. The number of hydrogen-bond acceptors (Lipinski definition) is 3. The van der Waals surface area contributed by atoms with Crippen molar-refractivity contribution < 1.29 is 18.5 Å². The molecule has 1 aliphatic rings. The molecule has 1 aliphatic heterocycles. The molecule has 1 heterocycles. The van der Waals surface area contributed by atoms with Gasteiger partial charge in [0.25, 0.3) is 0 Å². The van der Waals surface area contributed by atoms with E-state index < -0.39 is 9.84 Å². The van der Waals surface area contributed by atoms with E-state index in [1.165, 1.54) is 0 Å². The highest BCUT2D eigenvalue weighted by Gasteiger charge is 2.31. The standard InChI is InChI=1S/C15H22N2O3S/c1-11-3-5-13(6-4-11)17-15(18)9-12(2)16-14-7-8-21(19,20)10-14/h3-6,12,14,16H,7-10H2,1-2H3,(H,17,18)/p+1/t12-,14+/m0/s1. The van der Waals surface area contributed by atoms with Crippen LogP contribution in [0.5, 0.6) is 0 Å². The third-order valence-corrected chi connectivity index (χ3v) is 5.50. The number of carbonyl (C=O) groups excluding carboxylic acids is 1. The van der Waals surface area contributed by atoms with E-state index in [0.717, 1.165) is 11.3 Å². The number of nitrogens with two attached hydrogens (primary N) is 1. The summed E-state index contributed by atoms with van der Waals surface area (Å²) in [6, 6.07) is 7.84. The van der Waals surface area contributed by atoms with Gasteiger partial charge in [0.05, 0.1) is 18.2 Å². The van der Waals surface area contributed by atoms with Crippen LogP contribution in [0.3, 0.4) is 0 Å². The van der Waals surface area contributed by atoms with Gasteiger partial charge in [-0.2, -0.15) is 0 Å². The lowest BCUT2D eigenvalue weighted by atomic mass is 10.1. The minimum absolute atomic E-state index is 0.0385. The van der Waals surface area contributed by atoms with Crippen molar-refractivity contribution in [2.24, 2.45) is 0 Å². The van der Waals surface area contributed by atoms with Gasteiger partial charge in [-0.1, -0.05) is 17.7 Å². The van der Waals surface area contributed by atoms with E-state index in [9.17, 15) is 13.2 Å². The average molecular weight is 311 g/mol. The van der Waals surface area contributed by atoms with E-state index in [1.54, 1.807) is 0 Å². The molecule has 0 radical (unpaired) electrons. The lowest BCUT2D eigenvalue weighted by Gasteiger charge is -2.15. The second-order valence-corrected chi connectivity index (χ2v) is 8.18. The summed E-state index contributed by atoms with van der Waals surface area (Å²) in [7, 11) is -2.85. The van der Waals surface area contributed by atoms with Crippen LogP contribution < -0.4 is 10.6 Å². The summed E-state index contributed by atoms with van der Waals surface area (Å²) < 4.78 is 22.8. The molecular weight excluding hydrogens is 288 g/mol. The monoisotopic (exact) mass is 311 g/mol. The Balaban J connectivity index is 1.78. The Morgan fingerprint density at radius 1 is 1.38 bits per heavy atom. The molecule has 0 saturated carbocycles. The van der Waals surface area contributed by atoms with Gasteiger partial charge in [0.15, 0.2) is 9.84 Å². The quantitative estimate of drug-likeness (QED) is 0.829. The average Bonchev–Trinajstić information content (AvgIpc) is 2.71. The van der Waals surface area contributed by atoms with Crippen molar-refractivity contribution in [1.29, 1.82) is 0 Å². The molecule has 1 amide bonds. The molecule has 0 aromatic heterocycles. The topological polar surface area (TPSA) is 79.8 Å². The van der Waals surface area contributed by atoms with Crippen LogP contribution in [0.4, 0.5) is 5.69 Å². The summed E-state index contributed by atoms with van der Waals surface area (Å²) in [5.74, 6) is 0.469. The molecule has 2 atom stereocenters. The van der Waals surface area contributed by atoms with Crippen molar-refractivity contribution in [1.82, 2.24) is 0 Å². The molecule has 0 bridgehead atoms. The molecule has 116 valence electrons. The number of aryl methyl sites for hydroxylation is 1. The van der Waals surface area contributed by atoms with Gasteiger partial charge in [0.1, 0.15) is 11.8 Å². The molecule has 21 heavy (non-hydrogen) atoms. The fourth-order valence-electron chi connectivity index (χ4n) is 2.65. The van der Waals surface area contributed by atoms with Crippen molar-refractivity contribution in [2.45, 2.75) is 38.8 Å². The van der Waals surface area contributed by atoms with Crippen LogP contribution in [0.25, 0.3) is 0 Å². The molecule has 1 saturated heterocycles. The summed E-state index contributed by atoms with van der Waals surface area (Å²) in [5, 5.41) is 4.88. The number of sulfone groups is 1. The number of benzene rings is 1. The largest absolute Gasteiger partial charge is 0.340 e. The van der Waals surface area contributed by atoms with Crippen LogP contribution in [-0.2, 0) is 14.6 Å². The molecule has 0 unspecified atom stereocenters. The maximum atomic E-state index is 12.0. The zero-order chi connectivity index (χ0) is 15.5. The fraction of sp³-hybridized carbons (Fsp3) is 0.533. The maximum Gasteiger partial charge on any atom is 0.230 e. The molecule has 1 aromatic carbocycles. The van der Waals surface area contributed by atoms with Crippen LogP contribution in [0.2, 0.25) is 0 Å². The summed E-state index contributed by atoms with van der Waals surface area (Å²) in [6.45, 7) is 3.96. The summed E-state index contributed by atoms with van der Waals surface area (Å²) in [5.41, 5.74) is 1.94. The van der Waals surface area contributed by atoms with Crippen LogP contribution in [0.1, 0.15) is 25.3 Å². The van der Waals surface area contributed by atoms with Gasteiger partial charge in [-0.25, -0.2) is 8.42 Å². The number of hydrogen-bond donors (Lipinski definition) is 2. The predicted octanol–water partition coefficient (Wildman–Crippen LogP) is 0.463.